The van der Waals surface area contributed by atoms with Crippen LogP contribution in [-0.2, 0) is 12.3 Å². The molecule has 0 amide bonds. The maximum atomic E-state index is 5.34. The van der Waals surface area contributed by atoms with Gasteiger partial charge in [0.25, 0.3) is 0 Å². The monoisotopic (exact) mass is 201 g/mol. The van der Waals surface area contributed by atoms with Gasteiger partial charge in [0, 0.05) is 0 Å². The first-order valence-electron chi connectivity index (χ1n) is 4.31. The van der Waals surface area contributed by atoms with Crippen molar-refractivity contribution in [3.8, 4) is 0 Å². The van der Waals surface area contributed by atoms with Crippen LogP contribution in [0.5, 0.6) is 0 Å². The van der Waals surface area contributed by atoms with Gasteiger partial charge in [-0.2, -0.15) is 16.7 Å². The Hall–Kier alpha value is -0.550. The van der Waals surface area contributed by atoms with Gasteiger partial charge in [-0.15, -0.1) is 0 Å². The van der Waals surface area contributed by atoms with Gasteiger partial charge in [-0.25, -0.2) is 0 Å². The van der Waals surface area contributed by atoms with E-state index in [1.54, 1.807) is 0 Å². The van der Waals surface area contributed by atoms with Crippen molar-refractivity contribution in [1.29, 1.82) is 0 Å². The molecule has 0 fully saturated rings. The molecule has 0 aromatic carbocycles. The zero-order chi connectivity index (χ0) is 9.68. The third kappa shape index (κ3) is 3.78. The van der Waals surface area contributed by atoms with Crippen LogP contribution in [0.25, 0.3) is 0 Å². The second-order valence-electron chi connectivity index (χ2n) is 3.22. The highest BCUT2D eigenvalue weighted by molar-refractivity contribution is 7.98. The molecule has 2 N–H and O–H groups in total. The zero-order valence-corrected chi connectivity index (χ0v) is 8.80. The van der Waals surface area contributed by atoms with Gasteiger partial charge >= 0.3 is 0 Å². The van der Waals surface area contributed by atoms with Crippen molar-refractivity contribution in [3.63, 3.8) is 0 Å². The molecule has 0 radical (unpaired) electrons. The van der Waals surface area contributed by atoms with E-state index >= 15 is 0 Å². The van der Waals surface area contributed by atoms with E-state index in [4.69, 9.17) is 10.3 Å². The van der Waals surface area contributed by atoms with Gasteiger partial charge < -0.3 is 10.3 Å². The van der Waals surface area contributed by atoms with Crippen LogP contribution >= 0.6 is 11.8 Å². The molecule has 0 aliphatic rings. The predicted octanol–water partition coefficient (Wildman–Crippen LogP) is 1.42. The fourth-order valence-electron chi connectivity index (χ4n) is 0.818. The molecule has 0 aliphatic carbocycles. The number of nitrogens with zero attached hydrogens (tertiary/aromatic N) is 2. The molecule has 74 valence electrons. The van der Waals surface area contributed by atoms with Gasteiger partial charge in [-0.1, -0.05) is 19.0 Å². The highest BCUT2D eigenvalue weighted by atomic mass is 32.2. The average Bonchev–Trinajstić information content (AvgIpc) is 2.52. The molecule has 0 aliphatic heterocycles. The number of nitrogens with two attached hydrogens (primary N) is 1. The molecular formula is C8H15N3OS. The number of rotatable bonds is 5. The average molecular weight is 201 g/mol. The highest BCUT2D eigenvalue weighted by Crippen LogP contribution is 2.12. The summed E-state index contributed by atoms with van der Waals surface area (Å²) < 4.78 is 4.87. The molecule has 0 saturated heterocycles. The smallest absolute Gasteiger partial charge is 0.240 e. The van der Waals surface area contributed by atoms with E-state index in [-0.39, 0.29) is 0 Å². The summed E-state index contributed by atoms with van der Waals surface area (Å²) in [4.78, 5) is 4.10. The van der Waals surface area contributed by atoms with Gasteiger partial charge in [0.2, 0.25) is 5.89 Å². The van der Waals surface area contributed by atoms with E-state index in [1.807, 2.05) is 11.8 Å². The van der Waals surface area contributed by atoms with Crippen molar-refractivity contribution < 1.29 is 4.52 Å². The first kappa shape index (κ1) is 10.5. The summed E-state index contributed by atoms with van der Waals surface area (Å²) in [5, 5.41) is 3.80. The first-order valence-corrected chi connectivity index (χ1v) is 5.47. The fraction of sp³-hybridized carbons (Fsp3) is 0.750. The van der Waals surface area contributed by atoms with Crippen LogP contribution in [0.1, 0.15) is 25.6 Å². The standard InChI is InChI=1S/C8H15N3OS/c1-6(2)4-13-5-7-10-8(3-9)12-11-7/h6H,3-5,9H2,1-2H3. The predicted molar refractivity (Wildman–Crippen MR) is 53.2 cm³/mol. The van der Waals surface area contributed by atoms with E-state index in [9.17, 15) is 0 Å². The van der Waals surface area contributed by atoms with Crippen LogP contribution in [0.2, 0.25) is 0 Å². The Morgan fingerprint density at radius 3 is 2.85 bits per heavy atom. The summed E-state index contributed by atoms with van der Waals surface area (Å²) in [6.07, 6.45) is 0. The Bertz CT molecular complexity index is 249. The Balaban J connectivity index is 2.28. The number of aromatic nitrogens is 2. The molecule has 0 spiro atoms. The Morgan fingerprint density at radius 2 is 2.31 bits per heavy atom. The third-order valence-electron chi connectivity index (χ3n) is 1.37. The largest absolute Gasteiger partial charge is 0.338 e. The minimum Gasteiger partial charge on any atom is -0.338 e. The van der Waals surface area contributed by atoms with Crippen LogP contribution in [-0.4, -0.2) is 15.9 Å². The van der Waals surface area contributed by atoms with Gasteiger partial charge in [-0.05, 0) is 11.7 Å². The lowest BCUT2D eigenvalue weighted by molar-refractivity contribution is 0.376. The van der Waals surface area contributed by atoms with E-state index in [0.717, 1.165) is 17.3 Å². The molecule has 0 saturated carbocycles. The number of hydrogen-bond donors (Lipinski definition) is 1. The van der Waals surface area contributed by atoms with Crippen molar-refractivity contribution in [2.24, 2.45) is 11.7 Å². The van der Waals surface area contributed by atoms with Gasteiger partial charge in [0.1, 0.15) is 0 Å². The highest BCUT2D eigenvalue weighted by Gasteiger charge is 2.04. The molecule has 5 heteroatoms. The van der Waals surface area contributed by atoms with Gasteiger partial charge in [0.05, 0.1) is 12.3 Å². The number of thioether (sulfide) groups is 1. The molecule has 13 heavy (non-hydrogen) atoms. The van der Waals surface area contributed by atoms with Gasteiger partial charge in [0.15, 0.2) is 5.82 Å². The van der Waals surface area contributed by atoms with Crippen LogP contribution in [0.4, 0.5) is 0 Å². The van der Waals surface area contributed by atoms with Crippen LogP contribution in [0, 0.1) is 5.92 Å². The normalized spacial score (nSPS) is 11.1. The second kappa shape index (κ2) is 5.24. The lowest BCUT2D eigenvalue weighted by Gasteiger charge is -2.00. The Labute approximate surface area is 82.3 Å². The quantitative estimate of drug-likeness (QED) is 0.780. The summed E-state index contributed by atoms with van der Waals surface area (Å²) in [5.41, 5.74) is 5.34. The molecule has 1 aromatic heterocycles. The van der Waals surface area contributed by atoms with Crippen molar-refractivity contribution in [2.75, 3.05) is 5.75 Å². The van der Waals surface area contributed by atoms with Crippen molar-refractivity contribution in [2.45, 2.75) is 26.1 Å². The SMILES string of the molecule is CC(C)CSCc1noc(CN)n1. The molecule has 0 unspecified atom stereocenters. The molecular weight excluding hydrogens is 186 g/mol. The minimum absolute atomic E-state index is 0.321. The summed E-state index contributed by atoms with van der Waals surface area (Å²) >= 11 is 1.81. The van der Waals surface area contributed by atoms with E-state index in [0.29, 0.717) is 18.4 Å². The molecule has 1 rings (SSSR count). The summed E-state index contributed by atoms with van der Waals surface area (Å²) in [7, 11) is 0. The maximum absolute atomic E-state index is 5.34. The summed E-state index contributed by atoms with van der Waals surface area (Å²) in [6.45, 7) is 4.70. The van der Waals surface area contributed by atoms with Crippen LogP contribution in [0.15, 0.2) is 4.52 Å². The molecule has 0 atom stereocenters. The lowest BCUT2D eigenvalue weighted by atomic mass is 10.3. The lowest BCUT2D eigenvalue weighted by Crippen LogP contribution is -1.96. The summed E-state index contributed by atoms with van der Waals surface area (Å²) in [5.74, 6) is 3.88. The summed E-state index contributed by atoms with van der Waals surface area (Å²) in [6, 6.07) is 0. The van der Waals surface area contributed by atoms with E-state index in [1.165, 1.54) is 0 Å². The van der Waals surface area contributed by atoms with Crippen molar-refractivity contribution in [3.05, 3.63) is 11.7 Å². The Morgan fingerprint density at radius 1 is 1.54 bits per heavy atom. The molecule has 1 heterocycles. The molecule has 0 bridgehead atoms. The minimum atomic E-state index is 0.321. The van der Waals surface area contributed by atoms with E-state index < -0.39 is 0 Å². The van der Waals surface area contributed by atoms with Gasteiger partial charge in [-0.3, -0.25) is 0 Å². The number of hydrogen-bond acceptors (Lipinski definition) is 5. The maximum Gasteiger partial charge on any atom is 0.240 e. The second-order valence-corrected chi connectivity index (χ2v) is 4.25. The fourth-order valence-corrected chi connectivity index (χ4v) is 1.71. The van der Waals surface area contributed by atoms with Crippen LogP contribution in [0.3, 0.4) is 0 Å². The molecule has 1 aromatic rings. The van der Waals surface area contributed by atoms with Crippen molar-refractivity contribution >= 4 is 11.8 Å². The zero-order valence-electron chi connectivity index (χ0n) is 7.99. The van der Waals surface area contributed by atoms with E-state index in [2.05, 4.69) is 24.0 Å². The third-order valence-corrected chi connectivity index (χ3v) is 2.73. The first-order chi connectivity index (χ1) is 6.22. The van der Waals surface area contributed by atoms with Crippen molar-refractivity contribution in [1.82, 2.24) is 10.1 Å². The van der Waals surface area contributed by atoms with Crippen LogP contribution < -0.4 is 5.73 Å². The Kier molecular flexibility index (Phi) is 4.24. The topological polar surface area (TPSA) is 64.9 Å². The molecule has 4 nitrogen and oxygen atoms in total.